The molecule has 1 saturated carbocycles. The van der Waals surface area contributed by atoms with Crippen LogP contribution in [-0.2, 0) is 6.42 Å². The quantitative estimate of drug-likeness (QED) is 0.330. The van der Waals surface area contributed by atoms with Gasteiger partial charge in [-0.25, -0.2) is 14.1 Å². The largest absolute Gasteiger partial charge is 0.389 e. The Morgan fingerprint density at radius 3 is 2.61 bits per heavy atom. The van der Waals surface area contributed by atoms with Gasteiger partial charge < -0.3 is 5.11 Å². The van der Waals surface area contributed by atoms with Gasteiger partial charge in [0.2, 0.25) is 5.95 Å². The standard InChI is InChI=1S/C30H27F2N3O/c1-19-26-18-34-35(24-9-7-23(31)8-10-24)27(26)16-21-13-15-30(36,29(19)21)14-12-20-4-2-3-5-25(20)22-6-11-28(32)33-17-22/h2-11,16-19,29,36H,12-15H2,1H3/t19-,29?,30+/m0/s1. The monoisotopic (exact) mass is 483 g/mol. The van der Waals surface area contributed by atoms with E-state index in [2.05, 4.69) is 29.1 Å². The Hall–Kier alpha value is -3.64. The van der Waals surface area contributed by atoms with Crippen LogP contribution in [-0.4, -0.2) is 25.5 Å². The normalized spacial score (nSPS) is 22.7. The third-order valence-corrected chi connectivity index (χ3v) is 7.93. The average molecular weight is 484 g/mol. The summed E-state index contributed by atoms with van der Waals surface area (Å²) in [6.07, 6.45) is 8.50. The number of halogens is 2. The molecule has 4 nitrogen and oxygen atoms in total. The summed E-state index contributed by atoms with van der Waals surface area (Å²) in [5.74, 6) is -0.636. The van der Waals surface area contributed by atoms with Crippen molar-refractivity contribution in [1.29, 1.82) is 0 Å². The number of aryl methyl sites for hydroxylation is 1. The second-order valence-electron chi connectivity index (χ2n) is 9.99. The molecule has 2 aliphatic rings. The van der Waals surface area contributed by atoms with E-state index in [-0.39, 0.29) is 17.7 Å². The minimum absolute atomic E-state index is 0.0236. The Kier molecular flexibility index (Phi) is 5.56. The van der Waals surface area contributed by atoms with Crippen molar-refractivity contribution in [2.75, 3.05) is 0 Å². The van der Waals surface area contributed by atoms with Crippen molar-refractivity contribution in [2.24, 2.45) is 5.92 Å². The molecule has 3 atom stereocenters. The molecule has 1 N–H and O–H groups in total. The van der Waals surface area contributed by atoms with Crippen LogP contribution in [0.5, 0.6) is 0 Å². The van der Waals surface area contributed by atoms with E-state index in [1.165, 1.54) is 23.8 Å². The molecular weight excluding hydrogens is 456 g/mol. The zero-order chi connectivity index (χ0) is 24.9. The zero-order valence-electron chi connectivity index (χ0n) is 20.0. The first-order valence-corrected chi connectivity index (χ1v) is 12.4. The Labute approximate surface area is 209 Å². The molecule has 0 saturated heterocycles. The number of hydrogen-bond donors (Lipinski definition) is 1. The lowest BCUT2D eigenvalue weighted by atomic mass is 9.71. The molecule has 0 bridgehead atoms. The maximum Gasteiger partial charge on any atom is 0.212 e. The van der Waals surface area contributed by atoms with Crippen LogP contribution >= 0.6 is 0 Å². The van der Waals surface area contributed by atoms with Crippen molar-refractivity contribution in [3.63, 3.8) is 0 Å². The lowest BCUT2D eigenvalue weighted by Gasteiger charge is -2.37. The molecule has 182 valence electrons. The molecular formula is C30H27F2N3O. The molecule has 2 aromatic heterocycles. The van der Waals surface area contributed by atoms with Gasteiger partial charge >= 0.3 is 0 Å². The molecule has 2 heterocycles. The molecule has 2 aliphatic carbocycles. The van der Waals surface area contributed by atoms with Gasteiger partial charge in [-0.15, -0.1) is 0 Å². The second-order valence-corrected chi connectivity index (χ2v) is 9.99. The molecule has 0 radical (unpaired) electrons. The van der Waals surface area contributed by atoms with Gasteiger partial charge in [-0.3, -0.25) is 0 Å². The van der Waals surface area contributed by atoms with Gasteiger partial charge in [-0.2, -0.15) is 9.49 Å². The van der Waals surface area contributed by atoms with Gasteiger partial charge in [0.15, 0.2) is 0 Å². The van der Waals surface area contributed by atoms with E-state index in [9.17, 15) is 13.9 Å². The maximum atomic E-state index is 13.4. The van der Waals surface area contributed by atoms with Crippen LogP contribution < -0.4 is 0 Å². The number of hydrogen-bond acceptors (Lipinski definition) is 3. The number of fused-ring (bicyclic) bond motifs is 2. The van der Waals surface area contributed by atoms with Crippen molar-refractivity contribution in [3.05, 3.63) is 107 Å². The van der Waals surface area contributed by atoms with Crippen LogP contribution in [0.2, 0.25) is 0 Å². The molecule has 2 aromatic carbocycles. The molecule has 4 aromatic rings. The number of aromatic nitrogens is 3. The number of benzene rings is 2. The number of nitrogens with zero attached hydrogens (tertiary/aromatic N) is 3. The van der Waals surface area contributed by atoms with Gasteiger partial charge in [0, 0.05) is 23.2 Å². The van der Waals surface area contributed by atoms with Crippen LogP contribution in [0.15, 0.2) is 78.6 Å². The first-order chi connectivity index (χ1) is 17.4. The zero-order valence-corrected chi connectivity index (χ0v) is 20.0. The van der Waals surface area contributed by atoms with Crippen molar-refractivity contribution < 1.29 is 13.9 Å². The van der Waals surface area contributed by atoms with E-state index in [0.29, 0.717) is 19.3 Å². The maximum absolute atomic E-state index is 13.4. The van der Waals surface area contributed by atoms with Crippen molar-refractivity contribution in [3.8, 4) is 16.8 Å². The fourth-order valence-electron chi connectivity index (χ4n) is 6.16. The van der Waals surface area contributed by atoms with E-state index in [4.69, 9.17) is 0 Å². The van der Waals surface area contributed by atoms with E-state index in [0.717, 1.165) is 40.1 Å². The topological polar surface area (TPSA) is 50.9 Å². The SMILES string of the molecule is C[C@H]1c2cnn(-c3ccc(F)cc3)c2C=C2CC[C@](O)(CCc3ccccc3-c3ccc(F)nc3)C21. The molecule has 1 unspecified atom stereocenters. The van der Waals surface area contributed by atoms with Crippen molar-refractivity contribution in [2.45, 2.75) is 44.1 Å². The minimum Gasteiger partial charge on any atom is -0.389 e. The number of pyridine rings is 1. The van der Waals surface area contributed by atoms with Crippen molar-refractivity contribution >= 4 is 6.08 Å². The van der Waals surface area contributed by atoms with E-state index >= 15 is 0 Å². The third-order valence-electron chi connectivity index (χ3n) is 7.93. The predicted molar refractivity (Wildman–Crippen MR) is 136 cm³/mol. The third kappa shape index (κ3) is 3.86. The highest BCUT2D eigenvalue weighted by molar-refractivity contribution is 5.66. The summed E-state index contributed by atoms with van der Waals surface area (Å²) in [7, 11) is 0. The summed E-state index contributed by atoms with van der Waals surface area (Å²) < 4.78 is 28.6. The second kappa shape index (κ2) is 8.79. The van der Waals surface area contributed by atoms with Gasteiger partial charge in [-0.05, 0) is 85.2 Å². The molecule has 36 heavy (non-hydrogen) atoms. The molecule has 6 heteroatoms. The van der Waals surface area contributed by atoms with Gasteiger partial charge in [0.05, 0.1) is 23.2 Å². The highest BCUT2D eigenvalue weighted by Gasteiger charge is 2.49. The van der Waals surface area contributed by atoms with Gasteiger partial charge in [0.1, 0.15) is 5.82 Å². The van der Waals surface area contributed by atoms with E-state index in [1.54, 1.807) is 24.4 Å². The lowest BCUT2D eigenvalue weighted by molar-refractivity contribution is -0.00594. The first kappa shape index (κ1) is 22.8. The number of rotatable bonds is 5. The van der Waals surface area contributed by atoms with Gasteiger partial charge in [-0.1, -0.05) is 36.8 Å². The fraction of sp³-hybridized carbons (Fsp3) is 0.267. The Morgan fingerprint density at radius 1 is 1.03 bits per heavy atom. The van der Waals surface area contributed by atoms with Crippen molar-refractivity contribution in [1.82, 2.24) is 14.8 Å². The Bertz CT molecular complexity index is 1440. The summed E-state index contributed by atoms with van der Waals surface area (Å²) in [4.78, 5) is 3.81. The summed E-state index contributed by atoms with van der Waals surface area (Å²) in [6.45, 7) is 2.17. The van der Waals surface area contributed by atoms with Gasteiger partial charge in [0.25, 0.3) is 0 Å². The highest BCUT2D eigenvalue weighted by atomic mass is 19.1. The van der Waals surface area contributed by atoms with Crippen LogP contribution in [0.4, 0.5) is 8.78 Å². The molecule has 0 spiro atoms. The van der Waals surface area contributed by atoms with Crippen LogP contribution in [0, 0.1) is 17.7 Å². The fourth-order valence-corrected chi connectivity index (χ4v) is 6.16. The predicted octanol–water partition coefficient (Wildman–Crippen LogP) is 6.49. The molecule has 0 aliphatic heterocycles. The van der Waals surface area contributed by atoms with E-state index in [1.807, 2.05) is 29.1 Å². The minimum atomic E-state index is -0.824. The van der Waals surface area contributed by atoms with Crippen LogP contribution in [0.1, 0.15) is 48.9 Å². The molecule has 6 rings (SSSR count). The lowest BCUT2D eigenvalue weighted by Crippen LogP contribution is -2.38. The summed E-state index contributed by atoms with van der Waals surface area (Å²) in [6, 6.07) is 17.5. The van der Waals surface area contributed by atoms with Crippen LogP contribution in [0.3, 0.4) is 0 Å². The summed E-state index contributed by atoms with van der Waals surface area (Å²) in [5, 5.41) is 16.5. The first-order valence-electron chi connectivity index (χ1n) is 12.4. The van der Waals surface area contributed by atoms with Crippen LogP contribution in [0.25, 0.3) is 22.9 Å². The average Bonchev–Trinajstić information content (AvgIpc) is 3.46. The molecule has 1 fully saturated rings. The highest BCUT2D eigenvalue weighted by Crippen LogP contribution is 2.53. The summed E-state index contributed by atoms with van der Waals surface area (Å²) >= 11 is 0. The smallest absolute Gasteiger partial charge is 0.212 e. The Morgan fingerprint density at radius 2 is 1.83 bits per heavy atom. The Balaban J connectivity index is 1.27. The molecule has 0 amide bonds. The summed E-state index contributed by atoms with van der Waals surface area (Å²) in [5.41, 5.74) is 6.36. The number of aliphatic hydroxyl groups is 1. The van der Waals surface area contributed by atoms with E-state index < -0.39 is 11.5 Å².